The molecule has 0 spiro atoms. The van der Waals surface area contributed by atoms with Crippen LogP contribution in [-0.2, 0) is 32.6 Å². The monoisotopic (exact) mass is 643 g/mol. The Hall–Kier alpha value is -3.07. The lowest BCUT2D eigenvalue weighted by molar-refractivity contribution is -0.141. The van der Waals surface area contributed by atoms with E-state index in [1.165, 1.54) is 4.31 Å². The zero-order chi connectivity index (χ0) is 31.0. The first-order valence-corrected chi connectivity index (χ1v) is 17.2. The van der Waals surface area contributed by atoms with Gasteiger partial charge >= 0.3 is 0 Å². The summed E-state index contributed by atoms with van der Waals surface area (Å²) in [6.07, 6.45) is 5.77. The van der Waals surface area contributed by atoms with Crippen LogP contribution in [0.25, 0.3) is 0 Å². The van der Waals surface area contributed by atoms with Crippen LogP contribution in [-0.4, -0.2) is 50.0 Å². The Balaban J connectivity index is 1.60. The van der Waals surface area contributed by atoms with Crippen molar-refractivity contribution in [2.24, 2.45) is 0 Å². The Morgan fingerprint density at radius 1 is 0.977 bits per heavy atom. The third-order valence-corrected chi connectivity index (χ3v) is 9.58. The predicted molar refractivity (Wildman–Crippen MR) is 174 cm³/mol. The zero-order valence-electron chi connectivity index (χ0n) is 24.6. The van der Waals surface area contributed by atoms with Crippen molar-refractivity contribution in [3.05, 3.63) is 99.5 Å². The molecule has 43 heavy (non-hydrogen) atoms. The summed E-state index contributed by atoms with van der Waals surface area (Å²) in [7, 11) is -3.58. The third kappa shape index (κ3) is 9.46. The fourth-order valence-electron chi connectivity index (χ4n) is 5.47. The molecule has 1 atom stereocenters. The summed E-state index contributed by atoms with van der Waals surface area (Å²) < 4.78 is 26.6. The molecule has 1 fully saturated rings. The van der Waals surface area contributed by atoms with E-state index in [4.69, 9.17) is 23.2 Å². The number of halogens is 2. The minimum Gasteiger partial charge on any atom is -0.352 e. The zero-order valence-corrected chi connectivity index (χ0v) is 27.0. The van der Waals surface area contributed by atoms with E-state index in [-0.39, 0.29) is 43.8 Å². The maximum Gasteiger partial charge on any atom is 0.243 e. The van der Waals surface area contributed by atoms with E-state index >= 15 is 0 Å². The number of hydrogen-bond acceptors (Lipinski definition) is 4. The summed E-state index contributed by atoms with van der Waals surface area (Å²) in [5.74, 6) is -0.461. The van der Waals surface area contributed by atoms with Gasteiger partial charge in [0.25, 0.3) is 0 Å². The molecule has 0 bridgehead atoms. The van der Waals surface area contributed by atoms with E-state index < -0.39 is 16.1 Å². The number of carbonyl (C=O) groups is 2. The molecule has 0 saturated heterocycles. The van der Waals surface area contributed by atoms with Crippen LogP contribution in [0.5, 0.6) is 0 Å². The number of benzene rings is 3. The summed E-state index contributed by atoms with van der Waals surface area (Å²) in [5, 5.41) is 4.07. The summed E-state index contributed by atoms with van der Waals surface area (Å²) in [6, 6.07) is 21.2. The fourth-order valence-corrected chi connectivity index (χ4v) is 6.90. The van der Waals surface area contributed by atoms with Gasteiger partial charge in [-0.15, -0.1) is 0 Å². The van der Waals surface area contributed by atoms with E-state index in [2.05, 4.69) is 5.32 Å². The Labute approximate surface area is 265 Å². The van der Waals surface area contributed by atoms with Crippen molar-refractivity contribution < 1.29 is 18.0 Å². The molecule has 4 rings (SSSR count). The number of hydrogen-bond donors (Lipinski definition) is 1. The first kappa shape index (κ1) is 32.8. The van der Waals surface area contributed by atoms with Crippen molar-refractivity contribution in [1.82, 2.24) is 10.2 Å². The number of nitrogens with one attached hydrogen (secondary N) is 1. The standard InChI is InChI=1S/C33H39Cl2N3O4S/c1-24-14-18-29(19-15-24)38(43(2,41)42)20-8-13-32(39)37(23-26-16-17-27(34)22-30(26)35)31(21-25-9-4-3-5-10-25)33(40)36-28-11-6-7-12-28/h3-5,9-10,14-19,22,28,31H,6-8,11-13,20-21,23H2,1-2H3,(H,36,40). The topological polar surface area (TPSA) is 86.8 Å². The maximum absolute atomic E-state index is 14.0. The summed E-state index contributed by atoms with van der Waals surface area (Å²) in [4.78, 5) is 29.5. The smallest absolute Gasteiger partial charge is 0.243 e. The number of sulfonamides is 1. The minimum atomic E-state index is -3.58. The first-order chi connectivity index (χ1) is 20.5. The molecular weight excluding hydrogens is 605 g/mol. The Morgan fingerprint density at radius 2 is 1.65 bits per heavy atom. The predicted octanol–water partition coefficient (Wildman–Crippen LogP) is 6.55. The highest BCUT2D eigenvalue weighted by Gasteiger charge is 2.32. The number of rotatable bonds is 13. The molecule has 7 nitrogen and oxygen atoms in total. The molecule has 0 aromatic heterocycles. The maximum atomic E-state index is 14.0. The van der Waals surface area contributed by atoms with Gasteiger partial charge in [-0.25, -0.2) is 8.42 Å². The van der Waals surface area contributed by atoms with Crippen LogP contribution in [0, 0.1) is 6.92 Å². The number of aryl methyl sites for hydroxylation is 1. The second-order valence-corrected chi connectivity index (χ2v) is 14.0. The molecule has 0 radical (unpaired) electrons. The molecule has 230 valence electrons. The van der Waals surface area contributed by atoms with Crippen LogP contribution in [0.15, 0.2) is 72.8 Å². The number of carbonyl (C=O) groups excluding carboxylic acids is 2. The second kappa shape index (κ2) is 15.1. The van der Waals surface area contributed by atoms with Gasteiger partial charge in [0.05, 0.1) is 11.9 Å². The van der Waals surface area contributed by atoms with Crippen molar-refractivity contribution >= 4 is 50.7 Å². The van der Waals surface area contributed by atoms with Gasteiger partial charge < -0.3 is 10.2 Å². The first-order valence-electron chi connectivity index (χ1n) is 14.6. The second-order valence-electron chi connectivity index (χ2n) is 11.2. The van der Waals surface area contributed by atoms with Gasteiger partial charge in [0, 0.05) is 42.0 Å². The van der Waals surface area contributed by atoms with Crippen LogP contribution in [0.4, 0.5) is 5.69 Å². The quantitative estimate of drug-likeness (QED) is 0.229. The van der Waals surface area contributed by atoms with Crippen LogP contribution >= 0.6 is 23.2 Å². The van der Waals surface area contributed by atoms with Crippen molar-refractivity contribution in [2.45, 2.75) is 70.5 Å². The van der Waals surface area contributed by atoms with Crippen LogP contribution < -0.4 is 9.62 Å². The number of anilines is 1. The van der Waals surface area contributed by atoms with E-state index in [1.807, 2.05) is 49.4 Å². The van der Waals surface area contributed by atoms with Crippen LogP contribution in [0.1, 0.15) is 55.2 Å². The average molecular weight is 645 g/mol. The van der Waals surface area contributed by atoms with Crippen molar-refractivity contribution in [2.75, 3.05) is 17.1 Å². The molecule has 3 aromatic carbocycles. The summed E-state index contributed by atoms with van der Waals surface area (Å²) >= 11 is 12.7. The lowest BCUT2D eigenvalue weighted by Gasteiger charge is -2.33. The van der Waals surface area contributed by atoms with E-state index in [0.717, 1.165) is 43.1 Å². The van der Waals surface area contributed by atoms with Gasteiger partial charge in [0.15, 0.2) is 0 Å². The van der Waals surface area contributed by atoms with Gasteiger partial charge in [-0.1, -0.05) is 90.1 Å². The minimum absolute atomic E-state index is 0.0467. The van der Waals surface area contributed by atoms with Crippen LogP contribution in [0.2, 0.25) is 10.0 Å². The van der Waals surface area contributed by atoms with Gasteiger partial charge in [0.1, 0.15) is 6.04 Å². The lowest BCUT2D eigenvalue weighted by Crippen LogP contribution is -2.52. The molecule has 0 aliphatic heterocycles. The SMILES string of the molecule is Cc1ccc(N(CCCC(=O)N(Cc2ccc(Cl)cc2Cl)C(Cc2ccccc2)C(=O)NC2CCCC2)S(C)(=O)=O)cc1. The Bertz CT molecular complexity index is 1490. The highest BCUT2D eigenvalue weighted by molar-refractivity contribution is 7.92. The van der Waals surface area contributed by atoms with Crippen molar-refractivity contribution in [1.29, 1.82) is 0 Å². The van der Waals surface area contributed by atoms with Crippen molar-refractivity contribution in [3.63, 3.8) is 0 Å². The van der Waals surface area contributed by atoms with Gasteiger partial charge in [-0.3, -0.25) is 13.9 Å². The molecule has 0 heterocycles. The van der Waals surface area contributed by atoms with Gasteiger partial charge in [-0.2, -0.15) is 0 Å². The number of nitrogens with zero attached hydrogens (tertiary/aromatic N) is 2. The molecule has 10 heteroatoms. The molecule has 1 aliphatic rings. The molecule has 1 saturated carbocycles. The molecule has 2 amide bonds. The Morgan fingerprint density at radius 3 is 2.28 bits per heavy atom. The van der Waals surface area contributed by atoms with E-state index in [9.17, 15) is 18.0 Å². The average Bonchev–Trinajstić information content (AvgIpc) is 3.47. The fraction of sp³-hybridized carbons (Fsp3) is 0.394. The molecule has 1 unspecified atom stereocenters. The van der Waals surface area contributed by atoms with E-state index in [0.29, 0.717) is 27.7 Å². The summed E-state index contributed by atoms with van der Waals surface area (Å²) in [5.41, 5.74) is 3.16. The molecule has 1 aliphatic carbocycles. The molecule has 1 N–H and O–H groups in total. The van der Waals surface area contributed by atoms with E-state index in [1.54, 1.807) is 35.2 Å². The normalized spacial score (nSPS) is 14.3. The number of amides is 2. The summed E-state index contributed by atoms with van der Waals surface area (Å²) in [6.45, 7) is 2.17. The van der Waals surface area contributed by atoms with Crippen LogP contribution in [0.3, 0.4) is 0 Å². The highest BCUT2D eigenvalue weighted by atomic mass is 35.5. The highest BCUT2D eigenvalue weighted by Crippen LogP contribution is 2.26. The largest absolute Gasteiger partial charge is 0.352 e. The van der Waals surface area contributed by atoms with Gasteiger partial charge in [0.2, 0.25) is 21.8 Å². The van der Waals surface area contributed by atoms with Gasteiger partial charge in [-0.05, 0) is 61.6 Å². The lowest BCUT2D eigenvalue weighted by atomic mass is 10.0. The Kier molecular flexibility index (Phi) is 11.5. The molecule has 3 aromatic rings. The third-order valence-electron chi connectivity index (χ3n) is 7.80. The van der Waals surface area contributed by atoms with Crippen molar-refractivity contribution in [3.8, 4) is 0 Å². The molecular formula is C33H39Cl2N3O4S.